The first-order valence-corrected chi connectivity index (χ1v) is 6.15. The van der Waals surface area contributed by atoms with Crippen LogP contribution in [0.25, 0.3) is 10.9 Å². The zero-order valence-corrected chi connectivity index (χ0v) is 10.6. The van der Waals surface area contributed by atoms with Crippen molar-refractivity contribution in [3.05, 3.63) is 65.9 Å². The van der Waals surface area contributed by atoms with Gasteiger partial charge >= 0.3 is 0 Å². The second kappa shape index (κ2) is 4.90. The number of fused-ring (bicyclic) bond motifs is 1. The maximum Gasteiger partial charge on any atom is 0.256 e. The van der Waals surface area contributed by atoms with Gasteiger partial charge in [-0.1, -0.05) is 12.1 Å². The molecule has 4 nitrogen and oxygen atoms in total. The molecule has 1 heterocycles. The van der Waals surface area contributed by atoms with Crippen molar-refractivity contribution >= 4 is 22.5 Å². The van der Waals surface area contributed by atoms with Crippen LogP contribution < -0.4 is 5.32 Å². The van der Waals surface area contributed by atoms with Crippen molar-refractivity contribution in [3.8, 4) is 6.07 Å². The number of carbonyl (C=O) groups excluding carboxylic acids is 1. The summed E-state index contributed by atoms with van der Waals surface area (Å²) in [6.45, 7) is 0. The van der Waals surface area contributed by atoms with Crippen LogP contribution in [-0.4, -0.2) is 10.9 Å². The SMILES string of the molecule is N#Cc1cccc(NC(=O)c2cccc3[nH]ccc23)c1. The molecule has 2 aromatic carbocycles. The highest BCUT2D eigenvalue weighted by molar-refractivity contribution is 6.12. The van der Waals surface area contributed by atoms with E-state index in [1.54, 1.807) is 36.5 Å². The van der Waals surface area contributed by atoms with Crippen molar-refractivity contribution in [2.75, 3.05) is 5.32 Å². The van der Waals surface area contributed by atoms with Crippen LogP contribution in [-0.2, 0) is 0 Å². The van der Waals surface area contributed by atoms with Crippen molar-refractivity contribution in [1.82, 2.24) is 4.98 Å². The maximum atomic E-state index is 12.3. The van der Waals surface area contributed by atoms with Gasteiger partial charge in [-0.15, -0.1) is 0 Å². The summed E-state index contributed by atoms with van der Waals surface area (Å²) >= 11 is 0. The molecule has 0 saturated heterocycles. The molecule has 0 aliphatic rings. The lowest BCUT2D eigenvalue weighted by atomic mass is 10.1. The summed E-state index contributed by atoms with van der Waals surface area (Å²) in [4.78, 5) is 15.4. The molecule has 0 atom stereocenters. The highest BCUT2D eigenvalue weighted by atomic mass is 16.1. The molecular weight excluding hydrogens is 250 g/mol. The molecule has 20 heavy (non-hydrogen) atoms. The van der Waals surface area contributed by atoms with Crippen molar-refractivity contribution in [3.63, 3.8) is 0 Å². The number of nitrogens with one attached hydrogen (secondary N) is 2. The first-order chi connectivity index (χ1) is 9.78. The molecule has 0 aliphatic heterocycles. The highest BCUT2D eigenvalue weighted by Gasteiger charge is 2.10. The van der Waals surface area contributed by atoms with Crippen LogP contribution in [0.4, 0.5) is 5.69 Å². The molecule has 0 unspecified atom stereocenters. The van der Waals surface area contributed by atoms with E-state index in [1.165, 1.54) is 0 Å². The van der Waals surface area contributed by atoms with Gasteiger partial charge in [-0.05, 0) is 36.4 Å². The van der Waals surface area contributed by atoms with Gasteiger partial charge in [-0.3, -0.25) is 4.79 Å². The molecule has 0 aliphatic carbocycles. The van der Waals surface area contributed by atoms with Crippen LogP contribution in [0.3, 0.4) is 0 Å². The number of H-pyrrole nitrogens is 1. The van der Waals surface area contributed by atoms with Crippen LogP contribution in [0.1, 0.15) is 15.9 Å². The molecule has 0 spiro atoms. The van der Waals surface area contributed by atoms with Gasteiger partial charge in [0.1, 0.15) is 0 Å². The van der Waals surface area contributed by atoms with Gasteiger partial charge in [0, 0.05) is 28.4 Å². The Morgan fingerprint density at radius 2 is 2.00 bits per heavy atom. The van der Waals surface area contributed by atoms with Crippen molar-refractivity contribution in [2.45, 2.75) is 0 Å². The van der Waals surface area contributed by atoms with Gasteiger partial charge in [-0.2, -0.15) is 5.26 Å². The molecule has 3 rings (SSSR count). The largest absolute Gasteiger partial charge is 0.361 e. The Hall–Kier alpha value is -3.06. The number of anilines is 1. The molecule has 3 aromatic rings. The number of rotatable bonds is 2. The summed E-state index contributed by atoms with van der Waals surface area (Å²) in [5, 5.41) is 12.5. The number of nitriles is 1. The highest BCUT2D eigenvalue weighted by Crippen LogP contribution is 2.19. The molecule has 1 aromatic heterocycles. The third-order valence-electron chi connectivity index (χ3n) is 3.09. The third kappa shape index (κ3) is 2.13. The summed E-state index contributed by atoms with van der Waals surface area (Å²) in [7, 11) is 0. The molecular formula is C16H11N3O. The average molecular weight is 261 g/mol. The molecule has 0 radical (unpaired) electrons. The number of benzene rings is 2. The predicted octanol–water partition coefficient (Wildman–Crippen LogP) is 3.29. The number of aromatic nitrogens is 1. The number of hydrogen-bond acceptors (Lipinski definition) is 2. The lowest BCUT2D eigenvalue weighted by Crippen LogP contribution is -2.12. The molecule has 96 valence electrons. The summed E-state index contributed by atoms with van der Waals surface area (Å²) < 4.78 is 0. The number of carbonyl (C=O) groups is 1. The first-order valence-electron chi connectivity index (χ1n) is 6.15. The summed E-state index contributed by atoms with van der Waals surface area (Å²) in [5.41, 5.74) is 2.65. The van der Waals surface area contributed by atoms with Crippen LogP contribution >= 0.6 is 0 Å². The lowest BCUT2D eigenvalue weighted by Gasteiger charge is -2.06. The fourth-order valence-corrected chi connectivity index (χ4v) is 2.15. The van der Waals surface area contributed by atoms with Gasteiger partial charge < -0.3 is 10.3 Å². The van der Waals surface area contributed by atoms with Crippen LogP contribution in [0.5, 0.6) is 0 Å². The molecule has 2 N–H and O–H groups in total. The second-order valence-electron chi connectivity index (χ2n) is 4.39. The second-order valence-corrected chi connectivity index (χ2v) is 4.39. The van der Waals surface area contributed by atoms with Gasteiger partial charge in [0.05, 0.1) is 11.6 Å². The predicted molar refractivity (Wildman–Crippen MR) is 77.4 cm³/mol. The van der Waals surface area contributed by atoms with Crippen LogP contribution in [0.2, 0.25) is 0 Å². The van der Waals surface area contributed by atoms with E-state index in [-0.39, 0.29) is 5.91 Å². The Kier molecular flexibility index (Phi) is 2.94. The third-order valence-corrected chi connectivity index (χ3v) is 3.09. The maximum absolute atomic E-state index is 12.3. The molecule has 0 bridgehead atoms. The molecule has 0 saturated carbocycles. The Bertz CT molecular complexity index is 827. The zero-order chi connectivity index (χ0) is 13.9. The van der Waals surface area contributed by atoms with E-state index >= 15 is 0 Å². The molecule has 0 fully saturated rings. The van der Waals surface area contributed by atoms with Gasteiger partial charge in [0.25, 0.3) is 5.91 Å². The van der Waals surface area contributed by atoms with Crippen molar-refractivity contribution < 1.29 is 4.79 Å². The van der Waals surface area contributed by atoms with Crippen molar-refractivity contribution in [2.24, 2.45) is 0 Å². The minimum atomic E-state index is -0.190. The first kappa shape index (κ1) is 12.0. The van der Waals surface area contributed by atoms with E-state index in [1.807, 2.05) is 24.3 Å². The monoisotopic (exact) mass is 261 g/mol. The Balaban J connectivity index is 1.93. The summed E-state index contributed by atoms with van der Waals surface area (Å²) in [6.07, 6.45) is 1.80. The zero-order valence-electron chi connectivity index (χ0n) is 10.6. The Labute approximate surface area is 115 Å². The number of nitrogens with zero attached hydrogens (tertiary/aromatic N) is 1. The summed E-state index contributed by atoms with van der Waals surface area (Å²) in [6, 6.07) is 16.3. The molecule has 4 heteroatoms. The van der Waals surface area contributed by atoms with Crippen molar-refractivity contribution in [1.29, 1.82) is 5.26 Å². The Morgan fingerprint density at radius 3 is 2.85 bits per heavy atom. The standard InChI is InChI=1S/C16H11N3O/c17-10-11-3-1-4-12(9-11)19-16(20)14-5-2-6-15-13(14)7-8-18-15/h1-9,18H,(H,19,20). The van der Waals surface area contributed by atoms with E-state index in [0.29, 0.717) is 16.8 Å². The van der Waals surface area contributed by atoms with Gasteiger partial charge in [0.15, 0.2) is 0 Å². The van der Waals surface area contributed by atoms with Crippen LogP contribution in [0, 0.1) is 11.3 Å². The quantitative estimate of drug-likeness (QED) is 0.743. The number of aromatic amines is 1. The fourth-order valence-electron chi connectivity index (χ4n) is 2.15. The Morgan fingerprint density at radius 1 is 1.15 bits per heavy atom. The minimum Gasteiger partial charge on any atom is -0.361 e. The van der Waals surface area contributed by atoms with Crippen LogP contribution in [0.15, 0.2) is 54.7 Å². The van der Waals surface area contributed by atoms with E-state index < -0.39 is 0 Å². The lowest BCUT2D eigenvalue weighted by molar-refractivity contribution is 0.102. The topological polar surface area (TPSA) is 68.7 Å². The van der Waals surface area contributed by atoms with Gasteiger partial charge in [0.2, 0.25) is 0 Å². The summed E-state index contributed by atoms with van der Waals surface area (Å²) in [5.74, 6) is -0.190. The average Bonchev–Trinajstić information content (AvgIpc) is 2.95. The fraction of sp³-hybridized carbons (Fsp3) is 0. The molecule has 1 amide bonds. The van der Waals surface area contributed by atoms with E-state index in [0.717, 1.165) is 10.9 Å². The normalized spacial score (nSPS) is 10.2. The number of amides is 1. The minimum absolute atomic E-state index is 0.190. The van der Waals surface area contributed by atoms with E-state index in [2.05, 4.69) is 10.3 Å². The van der Waals surface area contributed by atoms with E-state index in [4.69, 9.17) is 5.26 Å². The number of hydrogen-bond donors (Lipinski definition) is 2. The van der Waals surface area contributed by atoms with E-state index in [9.17, 15) is 4.79 Å². The van der Waals surface area contributed by atoms with Gasteiger partial charge in [-0.25, -0.2) is 0 Å². The smallest absolute Gasteiger partial charge is 0.256 e.